The maximum Gasteiger partial charge on any atom is 0.156 e. The van der Waals surface area contributed by atoms with Crippen LogP contribution in [-0.2, 0) is 22.9 Å². The predicted octanol–water partition coefficient (Wildman–Crippen LogP) is 1.95. The van der Waals surface area contributed by atoms with E-state index in [1.165, 1.54) is 12.8 Å². The molecule has 0 aromatic carbocycles. The second-order valence-corrected chi connectivity index (χ2v) is 9.14. The van der Waals surface area contributed by atoms with E-state index in [1.54, 1.807) is 20.8 Å². The van der Waals surface area contributed by atoms with Crippen LogP contribution in [0.2, 0.25) is 0 Å². The van der Waals surface area contributed by atoms with Gasteiger partial charge in [-0.3, -0.25) is 0 Å². The van der Waals surface area contributed by atoms with Crippen molar-refractivity contribution in [3.05, 3.63) is 24.0 Å². The van der Waals surface area contributed by atoms with Gasteiger partial charge in [0.2, 0.25) is 0 Å². The summed E-state index contributed by atoms with van der Waals surface area (Å²) in [4.78, 5) is 0. The zero-order valence-corrected chi connectivity index (χ0v) is 12.8. The number of aryl methyl sites for hydroxylation is 1. The van der Waals surface area contributed by atoms with Crippen LogP contribution in [0.1, 0.15) is 39.3 Å². The Bertz CT molecular complexity index is 522. The van der Waals surface area contributed by atoms with Gasteiger partial charge < -0.3 is 9.88 Å². The van der Waals surface area contributed by atoms with Gasteiger partial charge in [-0.25, -0.2) is 8.42 Å². The lowest BCUT2D eigenvalue weighted by Gasteiger charge is -2.20. The van der Waals surface area contributed by atoms with Crippen molar-refractivity contribution in [1.82, 2.24) is 9.88 Å². The van der Waals surface area contributed by atoms with Gasteiger partial charge in [0.05, 0.1) is 10.5 Å². The first-order valence-electron chi connectivity index (χ1n) is 6.89. The van der Waals surface area contributed by atoms with E-state index in [0.29, 0.717) is 12.6 Å². The summed E-state index contributed by atoms with van der Waals surface area (Å²) >= 11 is 0. The largest absolute Gasteiger partial charge is 0.349 e. The molecule has 1 aliphatic carbocycles. The predicted molar refractivity (Wildman–Crippen MR) is 77.8 cm³/mol. The lowest BCUT2D eigenvalue weighted by molar-refractivity contribution is 0.550. The standard InChI is InChI=1S/C14H24N2O2S/c1-14(2,3)19(17,18)10-9-16-8-4-5-13(16)11-15-12-6-7-12/h4-5,8,12,15H,6-7,9-11H2,1-3H3. The van der Waals surface area contributed by atoms with Gasteiger partial charge in [0.25, 0.3) is 0 Å². The Kier molecular flexibility index (Phi) is 4.06. The molecule has 5 heteroatoms. The smallest absolute Gasteiger partial charge is 0.156 e. The molecule has 1 N–H and O–H groups in total. The number of hydrogen-bond acceptors (Lipinski definition) is 3. The van der Waals surface area contributed by atoms with E-state index in [2.05, 4.69) is 11.4 Å². The van der Waals surface area contributed by atoms with Crippen LogP contribution >= 0.6 is 0 Å². The van der Waals surface area contributed by atoms with Gasteiger partial charge in [-0.1, -0.05) is 0 Å². The molecule has 4 nitrogen and oxygen atoms in total. The number of aromatic nitrogens is 1. The van der Waals surface area contributed by atoms with Crippen LogP contribution < -0.4 is 5.32 Å². The Balaban J connectivity index is 1.94. The van der Waals surface area contributed by atoms with Gasteiger partial charge in [0.15, 0.2) is 9.84 Å². The number of sulfone groups is 1. The maximum absolute atomic E-state index is 12.1. The van der Waals surface area contributed by atoms with Crippen LogP contribution in [0, 0.1) is 0 Å². The van der Waals surface area contributed by atoms with Crippen molar-refractivity contribution in [3.63, 3.8) is 0 Å². The number of nitrogens with one attached hydrogen (secondary N) is 1. The third kappa shape index (κ3) is 3.83. The summed E-state index contributed by atoms with van der Waals surface area (Å²) < 4.78 is 25.6. The van der Waals surface area contributed by atoms with Crippen LogP contribution in [0.25, 0.3) is 0 Å². The van der Waals surface area contributed by atoms with E-state index >= 15 is 0 Å². The fraction of sp³-hybridized carbons (Fsp3) is 0.714. The van der Waals surface area contributed by atoms with Gasteiger partial charge in [0.1, 0.15) is 0 Å². The second kappa shape index (κ2) is 5.29. The molecular weight excluding hydrogens is 260 g/mol. The average Bonchev–Trinajstić information content (AvgIpc) is 3.01. The molecule has 0 saturated heterocycles. The first-order valence-corrected chi connectivity index (χ1v) is 8.54. The third-order valence-electron chi connectivity index (χ3n) is 3.61. The van der Waals surface area contributed by atoms with Crippen LogP contribution in [-0.4, -0.2) is 29.5 Å². The zero-order chi connectivity index (χ0) is 14.1. The Morgan fingerprint density at radius 1 is 1.37 bits per heavy atom. The number of hydrogen-bond donors (Lipinski definition) is 1. The van der Waals surface area contributed by atoms with Gasteiger partial charge in [-0.2, -0.15) is 0 Å². The summed E-state index contributed by atoms with van der Waals surface area (Å²) in [7, 11) is -3.05. The molecule has 1 aliphatic rings. The summed E-state index contributed by atoms with van der Waals surface area (Å²) in [6, 6.07) is 4.70. The summed E-state index contributed by atoms with van der Waals surface area (Å²) in [6.07, 6.45) is 4.49. The lowest BCUT2D eigenvalue weighted by Crippen LogP contribution is -2.32. The summed E-state index contributed by atoms with van der Waals surface area (Å²) in [5.74, 6) is 0.196. The highest BCUT2D eigenvalue weighted by Gasteiger charge is 2.28. The van der Waals surface area contributed by atoms with E-state index in [4.69, 9.17) is 0 Å². The monoisotopic (exact) mass is 284 g/mol. The van der Waals surface area contributed by atoms with E-state index in [9.17, 15) is 8.42 Å². The van der Waals surface area contributed by atoms with Crippen LogP contribution in [0.4, 0.5) is 0 Å². The molecule has 2 rings (SSSR count). The van der Waals surface area contributed by atoms with Gasteiger partial charge in [-0.05, 0) is 45.7 Å². The lowest BCUT2D eigenvalue weighted by atomic mass is 10.3. The second-order valence-electron chi connectivity index (χ2n) is 6.28. The highest BCUT2D eigenvalue weighted by atomic mass is 32.2. The minimum Gasteiger partial charge on any atom is -0.349 e. The molecule has 19 heavy (non-hydrogen) atoms. The van der Waals surface area contributed by atoms with E-state index < -0.39 is 14.6 Å². The van der Waals surface area contributed by atoms with E-state index in [0.717, 1.165) is 12.2 Å². The van der Waals surface area contributed by atoms with Crippen LogP contribution in [0.5, 0.6) is 0 Å². The minimum absolute atomic E-state index is 0.196. The van der Waals surface area contributed by atoms with Crippen molar-refractivity contribution >= 4 is 9.84 Å². The van der Waals surface area contributed by atoms with Crippen molar-refractivity contribution in [2.45, 2.75) is 57.5 Å². The first kappa shape index (κ1) is 14.6. The van der Waals surface area contributed by atoms with E-state index in [-0.39, 0.29) is 5.75 Å². The molecule has 0 radical (unpaired) electrons. The molecule has 1 aromatic rings. The molecule has 1 heterocycles. The number of nitrogens with zero attached hydrogens (tertiary/aromatic N) is 1. The molecule has 0 unspecified atom stereocenters. The third-order valence-corrected chi connectivity index (χ3v) is 6.19. The normalized spacial score (nSPS) is 16.8. The maximum atomic E-state index is 12.1. The molecule has 1 saturated carbocycles. The topological polar surface area (TPSA) is 51.1 Å². The molecule has 0 atom stereocenters. The van der Waals surface area contributed by atoms with Crippen LogP contribution in [0.3, 0.4) is 0 Å². The summed E-state index contributed by atoms with van der Waals surface area (Å²) in [5, 5.41) is 3.46. The fourth-order valence-electron chi connectivity index (χ4n) is 1.89. The van der Waals surface area contributed by atoms with Crippen molar-refractivity contribution in [3.8, 4) is 0 Å². The van der Waals surface area contributed by atoms with Gasteiger partial charge >= 0.3 is 0 Å². The van der Waals surface area contributed by atoms with Gasteiger partial charge in [0, 0.05) is 31.0 Å². The quantitative estimate of drug-likeness (QED) is 0.868. The minimum atomic E-state index is -3.05. The highest BCUT2D eigenvalue weighted by Crippen LogP contribution is 2.20. The average molecular weight is 284 g/mol. The first-order chi connectivity index (χ1) is 8.79. The molecule has 1 aromatic heterocycles. The Labute approximate surface area is 116 Å². The van der Waals surface area contributed by atoms with E-state index in [1.807, 2.05) is 16.8 Å². The SMILES string of the molecule is CC(C)(C)S(=O)(=O)CCn1cccc1CNC1CC1. The van der Waals surface area contributed by atoms with Gasteiger partial charge in [-0.15, -0.1) is 0 Å². The van der Waals surface area contributed by atoms with Crippen molar-refractivity contribution in [2.75, 3.05) is 5.75 Å². The molecule has 0 aliphatic heterocycles. The molecular formula is C14H24N2O2S. The van der Waals surface area contributed by atoms with Crippen molar-refractivity contribution in [2.24, 2.45) is 0 Å². The van der Waals surface area contributed by atoms with Crippen molar-refractivity contribution < 1.29 is 8.42 Å². The molecule has 108 valence electrons. The molecule has 0 amide bonds. The highest BCUT2D eigenvalue weighted by molar-refractivity contribution is 7.92. The Morgan fingerprint density at radius 3 is 2.63 bits per heavy atom. The Hall–Kier alpha value is -0.810. The fourth-order valence-corrected chi connectivity index (χ4v) is 2.94. The number of rotatable bonds is 6. The summed E-state index contributed by atoms with van der Waals surface area (Å²) in [5.41, 5.74) is 1.16. The summed E-state index contributed by atoms with van der Waals surface area (Å²) in [6.45, 7) is 6.64. The van der Waals surface area contributed by atoms with Crippen molar-refractivity contribution in [1.29, 1.82) is 0 Å². The van der Waals surface area contributed by atoms with Crippen LogP contribution in [0.15, 0.2) is 18.3 Å². The molecule has 1 fully saturated rings. The molecule has 0 bridgehead atoms. The molecule has 0 spiro atoms. The zero-order valence-electron chi connectivity index (χ0n) is 12.0. The Morgan fingerprint density at radius 2 is 2.05 bits per heavy atom.